The molecule has 0 bridgehead atoms. The lowest BCUT2D eigenvalue weighted by Gasteiger charge is -2.24. The van der Waals surface area contributed by atoms with Crippen molar-refractivity contribution in [3.63, 3.8) is 0 Å². The third-order valence-corrected chi connectivity index (χ3v) is 3.49. The molecular formula is C17H25FN2O3. The van der Waals surface area contributed by atoms with Crippen molar-refractivity contribution < 1.29 is 19.1 Å². The average molecular weight is 324 g/mol. The van der Waals surface area contributed by atoms with Gasteiger partial charge in [-0.2, -0.15) is 0 Å². The summed E-state index contributed by atoms with van der Waals surface area (Å²) in [7, 11) is 0. The molecule has 6 heteroatoms. The number of carbonyl (C=O) groups is 2. The third kappa shape index (κ3) is 7.23. The van der Waals surface area contributed by atoms with Crippen LogP contribution in [0.5, 0.6) is 0 Å². The number of rotatable bonds is 8. The van der Waals surface area contributed by atoms with E-state index in [0.717, 1.165) is 6.42 Å². The van der Waals surface area contributed by atoms with E-state index in [0.29, 0.717) is 17.9 Å². The van der Waals surface area contributed by atoms with Crippen LogP contribution < -0.4 is 10.6 Å². The first kappa shape index (κ1) is 19.1. The van der Waals surface area contributed by atoms with Gasteiger partial charge < -0.3 is 15.7 Å². The van der Waals surface area contributed by atoms with Gasteiger partial charge in [0.25, 0.3) is 0 Å². The average Bonchev–Trinajstić information content (AvgIpc) is 2.49. The zero-order valence-corrected chi connectivity index (χ0v) is 13.9. The molecule has 0 aliphatic rings. The molecule has 0 saturated heterocycles. The molecule has 3 N–H and O–H groups in total. The molecule has 0 radical (unpaired) electrons. The molecule has 0 aliphatic heterocycles. The first-order valence-electron chi connectivity index (χ1n) is 7.72. The smallest absolute Gasteiger partial charge is 0.239 e. The molecule has 128 valence electrons. The van der Waals surface area contributed by atoms with Gasteiger partial charge in [0, 0.05) is 6.42 Å². The lowest BCUT2D eigenvalue weighted by atomic mass is 9.96. The summed E-state index contributed by atoms with van der Waals surface area (Å²) in [5.74, 6) is -0.512. The maximum absolute atomic E-state index is 12.9. The summed E-state index contributed by atoms with van der Waals surface area (Å²) in [6, 6.07) is 5.44. The Hall–Kier alpha value is -1.95. The number of aliphatic hydroxyl groups is 1. The van der Waals surface area contributed by atoms with Crippen molar-refractivity contribution in [2.24, 2.45) is 5.92 Å². The second-order valence-electron chi connectivity index (χ2n) is 6.27. The molecule has 0 spiro atoms. The molecule has 1 unspecified atom stereocenters. The highest BCUT2D eigenvalue weighted by Crippen LogP contribution is 2.19. The fourth-order valence-electron chi connectivity index (χ4n) is 1.93. The van der Waals surface area contributed by atoms with Crippen LogP contribution in [0.3, 0.4) is 0 Å². The summed E-state index contributed by atoms with van der Waals surface area (Å²) in [6.07, 6.45) is 1.16. The van der Waals surface area contributed by atoms with Gasteiger partial charge in [-0.3, -0.25) is 9.59 Å². The van der Waals surface area contributed by atoms with Gasteiger partial charge in [-0.05, 0) is 37.0 Å². The number of halogens is 1. The number of hydrogen-bond acceptors (Lipinski definition) is 3. The van der Waals surface area contributed by atoms with Crippen LogP contribution in [-0.2, 0) is 15.2 Å². The molecule has 0 aromatic heterocycles. The predicted molar refractivity (Wildman–Crippen MR) is 86.1 cm³/mol. The molecule has 1 rings (SSSR count). The molecule has 2 amide bonds. The van der Waals surface area contributed by atoms with E-state index in [4.69, 9.17) is 0 Å². The van der Waals surface area contributed by atoms with E-state index in [1.807, 2.05) is 13.8 Å². The van der Waals surface area contributed by atoms with Crippen molar-refractivity contribution in [1.29, 1.82) is 0 Å². The topological polar surface area (TPSA) is 78.4 Å². The summed E-state index contributed by atoms with van der Waals surface area (Å²) in [5.41, 5.74) is -0.814. The summed E-state index contributed by atoms with van der Waals surface area (Å²) in [6.45, 7) is 5.42. The van der Waals surface area contributed by atoms with Crippen LogP contribution in [0, 0.1) is 11.7 Å². The van der Waals surface area contributed by atoms with Gasteiger partial charge in [0.15, 0.2) is 0 Å². The highest BCUT2D eigenvalue weighted by Gasteiger charge is 2.23. The molecule has 5 nitrogen and oxygen atoms in total. The quantitative estimate of drug-likeness (QED) is 0.681. The van der Waals surface area contributed by atoms with Gasteiger partial charge in [-0.15, -0.1) is 0 Å². The van der Waals surface area contributed by atoms with Crippen LogP contribution in [0.4, 0.5) is 4.39 Å². The van der Waals surface area contributed by atoms with E-state index in [1.165, 1.54) is 31.2 Å². The van der Waals surface area contributed by atoms with E-state index in [2.05, 4.69) is 10.6 Å². The molecular weight excluding hydrogens is 299 g/mol. The lowest BCUT2D eigenvalue weighted by Crippen LogP contribution is -2.43. The molecule has 0 aliphatic carbocycles. The molecule has 23 heavy (non-hydrogen) atoms. The lowest BCUT2D eigenvalue weighted by molar-refractivity contribution is -0.126. The fourth-order valence-corrected chi connectivity index (χ4v) is 1.93. The van der Waals surface area contributed by atoms with Crippen LogP contribution in [0.2, 0.25) is 0 Å². The SMILES string of the molecule is CC(C)CCC(=O)NCC(=O)NCC(C)(O)c1ccc(F)cc1. The maximum Gasteiger partial charge on any atom is 0.239 e. The van der Waals surface area contributed by atoms with Gasteiger partial charge in [0.05, 0.1) is 13.1 Å². The summed E-state index contributed by atoms with van der Waals surface area (Å²) < 4.78 is 12.9. The molecule has 1 aromatic rings. The van der Waals surface area contributed by atoms with Gasteiger partial charge >= 0.3 is 0 Å². The maximum atomic E-state index is 12.9. The largest absolute Gasteiger partial charge is 0.384 e. The normalized spacial score (nSPS) is 13.5. The number of hydrogen-bond donors (Lipinski definition) is 3. The number of nitrogens with one attached hydrogen (secondary N) is 2. The Labute approximate surface area is 136 Å². The molecule has 1 aromatic carbocycles. The Morgan fingerprint density at radius 1 is 1.17 bits per heavy atom. The predicted octanol–water partition coefficient (Wildman–Crippen LogP) is 1.70. The minimum absolute atomic E-state index is 0.0284. The van der Waals surface area contributed by atoms with Crippen molar-refractivity contribution in [3.05, 3.63) is 35.6 Å². The molecule has 0 fully saturated rings. The second-order valence-corrected chi connectivity index (χ2v) is 6.27. The Morgan fingerprint density at radius 2 is 1.78 bits per heavy atom. The number of carbonyl (C=O) groups excluding carboxylic acids is 2. The molecule has 0 saturated carbocycles. The number of amides is 2. The van der Waals surface area contributed by atoms with E-state index in [1.54, 1.807) is 0 Å². The zero-order valence-electron chi connectivity index (χ0n) is 13.9. The van der Waals surface area contributed by atoms with Crippen molar-refractivity contribution in [1.82, 2.24) is 10.6 Å². The highest BCUT2D eigenvalue weighted by atomic mass is 19.1. The zero-order chi connectivity index (χ0) is 17.5. The van der Waals surface area contributed by atoms with Crippen molar-refractivity contribution in [3.8, 4) is 0 Å². The van der Waals surface area contributed by atoms with Crippen LogP contribution in [0.1, 0.15) is 39.2 Å². The van der Waals surface area contributed by atoms with E-state index in [9.17, 15) is 19.1 Å². The van der Waals surface area contributed by atoms with Crippen LogP contribution in [0.15, 0.2) is 24.3 Å². The second kappa shape index (κ2) is 8.62. The van der Waals surface area contributed by atoms with Gasteiger partial charge in [-0.25, -0.2) is 4.39 Å². The van der Waals surface area contributed by atoms with Gasteiger partial charge in [0.2, 0.25) is 11.8 Å². The van der Waals surface area contributed by atoms with Crippen molar-refractivity contribution >= 4 is 11.8 Å². The minimum Gasteiger partial charge on any atom is -0.384 e. The van der Waals surface area contributed by atoms with E-state index >= 15 is 0 Å². The first-order chi connectivity index (χ1) is 10.7. The van der Waals surface area contributed by atoms with E-state index < -0.39 is 11.4 Å². The van der Waals surface area contributed by atoms with Crippen molar-refractivity contribution in [2.45, 2.75) is 39.2 Å². The standard InChI is InChI=1S/C17H25FN2O3/c1-12(2)4-9-15(21)19-10-16(22)20-11-17(3,23)13-5-7-14(18)8-6-13/h5-8,12,23H,4,9-11H2,1-3H3,(H,19,21)(H,20,22). The van der Waals surface area contributed by atoms with Crippen LogP contribution in [0.25, 0.3) is 0 Å². The molecule has 0 heterocycles. The fraction of sp³-hybridized carbons (Fsp3) is 0.529. The van der Waals surface area contributed by atoms with Gasteiger partial charge in [0.1, 0.15) is 11.4 Å². The first-order valence-corrected chi connectivity index (χ1v) is 7.72. The summed E-state index contributed by atoms with van der Waals surface area (Å²) in [5, 5.41) is 15.4. The molecule has 1 atom stereocenters. The van der Waals surface area contributed by atoms with E-state index in [-0.39, 0.29) is 24.9 Å². The summed E-state index contributed by atoms with van der Waals surface area (Å²) >= 11 is 0. The number of benzene rings is 1. The van der Waals surface area contributed by atoms with Crippen LogP contribution in [-0.4, -0.2) is 30.0 Å². The minimum atomic E-state index is -1.31. The Bertz CT molecular complexity index is 527. The third-order valence-electron chi connectivity index (χ3n) is 3.49. The van der Waals surface area contributed by atoms with Crippen molar-refractivity contribution in [2.75, 3.05) is 13.1 Å². The summed E-state index contributed by atoms with van der Waals surface area (Å²) in [4.78, 5) is 23.3. The Morgan fingerprint density at radius 3 is 2.35 bits per heavy atom. The Kier molecular flexibility index (Phi) is 7.16. The monoisotopic (exact) mass is 324 g/mol. The van der Waals surface area contributed by atoms with Crippen LogP contribution >= 0.6 is 0 Å². The highest BCUT2D eigenvalue weighted by molar-refractivity contribution is 5.84. The Balaban J connectivity index is 2.37. The van der Waals surface area contributed by atoms with Gasteiger partial charge in [-0.1, -0.05) is 26.0 Å².